The lowest BCUT2D eigenvalue weighted by Crippen LogP contribution is -2.35. The van der Waals surface area contributed by atoms with Crippen LogP contribution in [0.15, 0.2) is 24.3 Å². The van der Waals surface area contributed by atoms with Crippen LogP contribution in [0.25, 0.3) is 0 Å². The number of hydrogen-bond donors (Lipinski definition) is 1. The highest BCUT2D eigenvalue weighted by Crippen LogP contribution is 2.27. The molecule has 1 fully saturated rings. The Morgan fingerprint density at radius 1 is 1.38 bits per heavy atom. The minimum Gasteiger partial charge on any atom is -0.389 e. The molecule has 0 aliphatic carbocycles. The highest BCUT2D eigenvalue weighted by Gasteiger charge is 2.38. The second-order valence-corrected chi connectivity index (χ2v) is 5.83. The van der Waals surface area contributed by atoms with Crippen LogP contribution in [-0.4, -0.2) is 48.3 Å². The number of aryl methyl sites for hydroxylation is 1. The summed E-state index contributed by atoms with van der Waals surface area (Å²) in [6.45, 7) is 4.39. The van der Waals surface area contributed by atoms with Gasteiger partial charge in [0, 0.05) is 19.5 Å². The lowest BCUT2D eigenvalue weighted by atomic mass is 10.0. The summed E-state index contributed by atoms with van der Waals surface area (Å²) < 4.78 is 31.8. The Bertz CT molecular complexity index is 467. The van der Waals surface area contributed by atoms with Crippen molar-refractivity contribution in [3.8, 4) is 0 Å². The molecule has 0 saturated carbocycles. The first-order valence-corrected chi connectivity index (χ1v) is 7.33. The van der Waals surface area contributed by atoms with Crippen molar-refractivity contribution >= 4 is 0 Å². The van der Waals surface area contributed by atoms with E-state index in [1.54, 1.807) is 4.90 Å². The summed E-state index contributed by atoms with van der Waals surface area (Å²) in [6, 6.07) is 7.92. The maximum atomic E-state index is 13.1. The van der Waals surface area contributed by atoms with E-state index in [1.807, 2.05) is 38.1 Å². The molecule has 1 saturated heterocycles. The van der Waals surface area contributed by atoms with Crippen molar-refractivity contribution in [2.24, 2.45) is 0 Å². The van der Waals surface area contributed by atoms with E-state index in [1.165, 1.54) is 0 Å². The van der Waals surface area contributed by atoms with Crippen LogP contribution in [0.3, 0.4) is 0 Å². The summed E-state index contributed by atoms with van der Waals surface area (Å²) in [5, 5.41) is 9.93. The maximum absolute atomic E-state index is 13.1. The van der Waals surface area contributed by atoms with Gasteiger partial charge in [-0.3, -0.25) is 4.90 Å². The van der Waals surface area contributed by atoms with Crippen molar-refractivity contribution in [3.05, 3.63) is 35.4 Å². The van der Waals surface area contributed by atoms with E-state index in [4.69, 9.17) is 4.74 Å². The third kappa shape index (κ3) is 4.73. The summed E-state index contributed by atoms with van der Waals surface area (Å²) >= 11 is 0. The molecule has 118 valence electrons. The molecule has 5 heteroatoms. The number of likely N-dealkylation sites (tertiary alicyclic amines) is 1. The van der Waals surface area contributed by atoms with Gasteiger partial charge in [-0.05, 0) is 25.0 Å². The summed E-state index contributed by atoms with van der Waals surface area (Å²) in [5.74, 6) is -2.62. The van der Waals surface area contributed by atoms with E-state index >= 15 is 0 Å². The molecule has 1 aromatic rings. The molecule has 1 aliphatic heterocycles. The Labute approximate surface area is 124 Å². The molecule has 0 aromatic heterocycles. The molecule has 3 nitrogen and oxygen atoms in total. The molecular formula is C16H23F2NO2. The van der Waals surface area contributed by atoms with E-state index in [9.17, 15) is 13.9 Å². The Morgan fingerprint density at radius 2 is 2.10 bits per heavy atom. The van der Waals surface area contributed by atoms with Crippen molar-refractivity contribution < 1.29 is 18.6 Å². The Balaban J connectivity index is 1.76. The van der Waals surface area contributed by atoms with Gasteiger partial charge in [-0.25, -0.2) is 8.78 Å². The first-order valence-electron chi connectivity index (χ1n) is 7.33. The fraction of sp³-hybridized carbons (Fsp3) is 0.625. The van der Waals surface area contributed by atoms with Crippen LogP contribution in [0.4, 0.5) is 8.78 Å². The number of rotatable bonds is 6. The molecule has 0 bridgehead atoms. The van der Waals surface area contributed by atoms with Gasteiger partial charge in [0.15, 0.2) is 0 Å². The van der Waals surface area contributed by atoms with Crippen molar-refractivity contribution in [2.45, 2.75) is 38.4 Å². The third-order valence-corrected chi connectivity index (χ3v) is 3.88. The number of aliphatic hydroxyl groups excluding tert-OH is 1. The average molecular weight is 299 g/mol. The summed E-state index contributed by atoms with van der Waals surface area (Å²) in [6.07, 6.45) is -0.994. The predicted octanol–water partition coefficient (Wildman–Crippen LogP) is 2.77. The zero-order valence-corrected chi connectivity index (χ0v) is 12.6. The maximum Gasteiger partial charge on any atom is 0.261 e. The fourth-order valence-electron chi connectivity index (χ4n) is 2.70. The second-order valence-electron chi connectivity index (χ2n) is 5.83. The van der Waals surface area contributed by atoms with E-state index in [-0.39, 0.29) is 32.2 Å². The van der Waals surface area contributed by atoms with Crippen LogP contribution in [0.1, 0.15) is 30.6 Å². The topological polar surface area (TPSA) is 32.7 Å². The lowest BCUT2D eigenvalue weighted by Gasteiger charge is -2.22. The third-order valence-electron chi connectivity index (χ3n) is 3.88. The van der Waals surface area contributed by atoms with Gasteiger partial charge in [0.2, 0.25) is 0 Å². The minimum absolute atomic E-state index is 0.124. The summed E-state index contributed by atoms with van der Waals surface area (Å²) in [5.41, 5.74) is 2.22. The number of ether oxygens (including phenoxy) is 1. The zero-order valence-electron chi connectivity index (χ0n) is 12.6. The normalized spacial score (nSPS) is 21.4. The van der Waals surface area contributed by atoms with E-state index < -0.39 is 12.0 Å². The van der Waals surface area contributed by atoms with Crippen LogP contribution in [0.2, 0.25) is 0 Å². The van der Waals surface area contributed by atoms with Gasteiger partial charge in [0.1, 0.15) is 0 Å². The van der Waals surface area contributed by atoms with Crippen molar-refractivity contribution in [1.82, 2.24) is 4.90 Å². The SMILES string of the molecule is Cc1ccccc1C(C)OCC(O)CN1CCC(F)(F)C1. The van der Waals surface area contributed by atoms with Gasteiger partial charge in [-0.15, -0.1) is 0 Å². The monoisotopic (exact) mass is 299 g/mol. The first kappa shape index (κ1) is 16.3. The largest absolute Gasteiger partial charge is 0.389 e. The molecule has 0 amide bonds. The quantitative estimate of drug-likeness (QED) is 0.877. The number of hydrogen-bond acceptors (Lipinski definition) is 3. The molecular weight excluding hydrogens is 276 g/mol. The molecule has 1 aliphatic rings. The van der Waals surface area contributed by atoms with Crippen LogP contribution >= 0.6 is 0 Å². The first-order chi connectivity index (χ1) is 9.87. The minimum atomic E-state index is -2.62. The summed E-state index contributed by atoms with van der Waals surface area (Å²) in [4.78, 5) is 1.59. The van der Waals surface area contributed by atoms with Gasteiger partial charge in [0.05, 0.1) is 25.4 Å². The molecule has 1 N–H and O–H groups in total. The van der Waals surface area contributed by atoms with Crippen molar-refractivity contribution in [2.75, 3.05) is 26.2 Å². The van der Waals surface area contributed by atoms with Gasteiger partial charge in [-0.2, -0.15) is 0 Å². The lowest BCUT2D eigenvalue weighted by molar-refractivity contribution is -0.0228. The highest BCUT2D eigenvalue weighted by atomic mass is 19.3. The van der Waals surface area contributed by atoms with Gasteiger partial charge >= 0.3 is 0 Å². The molecule has 1 heterocycles. The molecule has 2 rings (SSSR count). The molecule has 0 radical (unpaired) electrons. The molecule has 1 aromatic carbocycles. The number of benzene rings is 1. The van der Waals surface area contributed by atoms with Crippen LogP contribution in [-0.2, 0) is 4.74 Å². The Morgan fingerprint density at radius 3 is 2.71 bits per heavy atom. The van der Waals surface area contributed by atoms with E-state index in [2.05, 4.69) is 0 Å². The highest BCUT2D eigenvalue weighted by molar-refractivity contribution is 5.27. The number of β-amino-alcohol motifs (C(OH)–C–C–N with tert-alkyl or cyclic N) is 1. The van der Waals surface area contributed by atoms with Crippen LogP contribution < -0.4 is 0 Å². The van der Waals surface area contributed by atoms with E-state index in [0.717, 1.165) is 11.1 Å². The summed E-state index contributed by atoms with van der Waals surface area (Å²) in [7, 11) is 0. The fourth-order valence-corrected chi connectivity index (χ4v) is 2.70. The average Bonchev–Trinajstić information content (AvgIpc) is 2.75. The van der Waals surface area contributed by atoms with Gasteiger partial charge in [0.25, 0.3) is 5.92 Å². The van der Waals surface area contributed by atoms with Gasteiger partial charge < -0.3 is 9.84 Å². The van der Waals surface area contributed by atoms with Crippen molar-refractivity contribution in [3.63, 3.8) is 0 Å². The number of halogens is 2. The molecule has 21 heavy (non-hydrogen) atoms. The number of aliphatic hydroxyl groups is 1. The molecule has 0 spiro atoms. The Kier molecular flexibility index (Phi) is 5.30. The predicted molar refractivity (Wildman–Crippen MR) is 77.6 cm³/mol. The standard InChI is InChI=1S/C16H23F2NO2/c1-12-5-3-4-6-15(12)13(2)21-10-14(20)9-19-8-7-16(17,18)11-19/h3-6,13-14,20H,7-11H2,1-2H3. The van der Waals surface area contributed by atoms with E-state index in [0.29, 0.717) is 6.54 Å². The number of nitrogens with zero attached hydrogens (tertiary/aromatic N) is 1. The van der Waals surface area contributed by atoms with Crippen LogP contribution in [0.5, 0.6) is 0 Å². The molecule has 2 atom stereocenters. The smallest absolute Gasteiger partial charge is 0.261 e. The molecule has 2 unspecified atom stereocenters. The second kappa shape index (κ2) is 6.81. The van der Waals surface area contributed by atoms with Gasteiger partial charge in [-0.1, -0.05) is 24.3 Å². The van der Waals surface area contributed by atoms with Crippen LogP contribution in [0, 0.1) is 6.92 Å². The number of alkyl halides is 2. The van der Waals surface area contributed by atoms with Crippen molar-refractivity contribution in [1.29, 1.82) is 0 Å². The Hall–Kier alpha value is -1.04. The zero-order chi connectivity index (χ0) is 15.5.